The highest BCUT2D eigenvalue weighted by Gasteiger charge is 2.29. The summed E-state index contributed by atoms with van der Waals surface area (Å²) in [6.07, 6.45) is 1.91. The third-order valence-corrected chi connectivity index (χ3v) is 2.79. The first-order valence-corrected chi connectivity index (χ1v) is 5.28. The van der Waals surface area contributed by atoms with Crippen LogP contribution in [0.2, 0.25) is 0 Å². The third kappa shape index (κ3) is 2.39. The van der Waals surface area contributed by atoms with E-state index in [-0.39, 0.29) is 5.56 Å². The highest BCUT2D eigenvalue weighted by Crippen LogP contribution is 2.33. The van der Waals surface area contributed by atoms with Crippen LogP contribution < -0.4 is 0 Å². The van der Waals surface area contributed by atoms with E-state index in [1.807, 2.05) is 13.8 Å². The summed E-state index contributed by atoms with van der Waals surface area (Å²) in [6, 6.07) is 3.87. The van der Waals surface area contributed by atoms with Crippen molar-refractivity contribution in [3.05, 3.63) is 35.4 Å². The lowest BCUT2D eigenvalue weighted by molar-refractivity contribution is 0.456. The van der Waals surface area contributed by atoms with Crippen molar-refractivity contribution in [1.82, 2.24) is 0 Å². The Labute approximate surface area is 91.1 Å². The molecule has 0 aliphatic carbocycles. The molecule has 0 nitrogen and oxygen atoms in total. The summed E-state index contributed by atoms with van der Waals surface area (Å²) >= 11 is 0. The van der Waals surface area contributed by atoms with Gasteiger partial charge in [-0.3, -0.25) is 0 Å². The van der Waals surface area contributed by atoms with Crippen molar-refractivity contribution in [2.75, 3.05) is 0 Å². The van der Waals surface area contributed by atoms with Crippen LogP contribution in [0.25, 0.3) is 0 Å². The zero-order chi connectivity index (χ0) is 11.5. The highest BCUT2D eigenvalue weighted by molar-refractivity contribution is 6.15. The van der Waals surface area contributed by atoms with Gasteiger partial charge in [0.1, 0.15) is 11.6 Å². The Bertz CT molecular complexity index is 318. The molecule has 0 fully saturated rings. The van der Waals surface area contributed by atoms with Gasteiger partial charge in [-0.15, -0.1) is 0 Å². The first-order valence-electron chi connectivity index (χ1n) is 5.28. The summed E-state index contributed by atoms with van der Waals surface area (Å²) in [6.45, 7) is 3.80. The van der Waals surface area contributed by atoms with Crippen LogP contribution in [0.5, 0.6) is 0 Å². The molecular formula is C12H15BF2. The van der Waals surface area contributed by atoms with E-state index in [2.05, 4.69) is 0 Å². The summed E-state index contributed by atoms with van der Waals surface area (Å²) in [5.74, 6) is -1.10. The first-order chi connectivity index (χ1) is 7.05. The van der Waals surface area contributed by atoms with E-state index in [9.17, 15) is 8.78 Å². The second-order valence-electron chi connectivity index (χ2n) is 3.86. The summed E-state index contributed by atoms with van der Waals surface area (Å²) in [5.41, 5.74) is 0.0225. The molecule has 1 rings (SSSR count). The summed E-state index contributed by atoms with van der Waals surface area (Å²) in [5, 5.41) is -0.885. The van der Waals surface area contributed by atoms with Crippen LogP contribution in [0, 0.1) is 11.6 Å². The van der Waals surface area contributed by atoms with E-state index >= 15 is 0 Å². The normalized spacial score (nSPS) is 14.9. The average molecular weight is 208 g/mol. The molecule has 0 bridgehead atoms. The van der Waals surface area contributed by atoms with E-state index < -0.39 is 16.9 Å². The van der Waals surface area contributed by atoms with E-state index in [1.165, 1.54) is 18.2 Å². The van der Waals surface area contributed by atoms with Crippen LogP contribution in [0.4, 0.5) is 8.78 Å². The molecule has 80 valence electrons. The minimum absolute atomic E-state index is 0.0225. The van der Waals surface area contributed by atoms with Gasteiger partial charge in [-0.1, -0.05) is 39.2 Å². The minimum Gasteiger partial charge on any atom is -0.207 e. The van der Waals surface area contributed by atoms with Gasteiger partial charge in [-0.2, -0.15) is 0 Å². The van der Waals surface area contributed by atoms with Gasteiger partial charge in [0.25, 0.3) is 0 Å². The molecule has 2 radical (unpaired) electrons. The van der Waals surface area contributed by atoms with Crippen LogP contribution in [0.1, 0.15) is 38.7 Å². The van der Waals surface area contributed by atoms with Gasteiger partial charge in [0.2, 0.25) is 0 Å². The fourth-order valence-electron chi connectivity index (χ4n) is 1.90. The fraction of sp³-hybridized carbons (Fsp3) is 0.500. The van der Waals surface area contributed by atoms with Crippen molar-refractivity contribution >= 4 is 7.85 Å². The molecule has 0 saturated carbocycles. The molecule has 1 unspecified atom stereocenters. The summed E-state index contributed by atoms with van der Waals surface area (Å²) in [7, 11) is 6.05. The monoisotopic (exact) mass is 208 g/mol. The lowest BCUT2D eigenvalue weighted by atomic mass is 9.59. The van der Waals surface area contributed by atoms with E-state index in [0.29, 0.717) is 12.8 Å². The molecule has 15 heavy (non-hydrogen) atoms. The van der Waals surface area contributed by atoms with Crippen molar-refractivity contribution in [3.63, 3.8) is 0 Å². The number of hydrogen-bond donors (Lipinski definition) is 0. The molecule has 1 atom stereocenters. The Morgan fingerprint density at radius 2 is 1.73 bits per heavy atom. The van der Waals surface area contributed by atoms with E-state index in [1.54, 1.807) is 0 Å². The van der Waals surface area contributed by atoms with Crippen LogP contribution in [0.3, 0.4) is 0 Å². The van der Waals surface area contributed by atoms with Gasteiger partial charge in [0, 0.05) is 5.56 Å². The van der Waals surface area contributed by atoms with Crippen LogP contribution in [0.15, 0.2) is 18.2 Å². The lowest BCUT2D eigenvalue weighted by Crippen LogP contribution is -2.28. The Morgan fingerprint density at radius 1 is 1.20 bits per heavy atom. The number of hydrogen-bond acceptors (Lipinski definition) is 0. The quantitative estimate of drug-likeness (QED) is 0.664. The molecular weight excluding hydrogens is 193 g/mol. The predicted octanol–water partition coefficient (Wildman–Crippen LogP) is 3.54. The molecule has 0 aliphatic heterocycles. The Hall–Kier alpha value is -0.855. The number of halogens is 2. The maximum absolute atomic E-state index is 13.5. The topological polar surface area (TPSA) is 0 Å². The zero-order valence-electron chi connectivity index (χ0n) is 9.19. The average Bonchev–Trinajstić information content (AvgIpc) is 2.18. The summed E-state index contributed by atoms with van der Waals surface area (Å²) < 4.78 is 27.1. The summed E-state index contributed by atoms with van der Waals surface area (Å²) in [4.78, 5) is 0. The molecule has 1 aromatic rings. The van der Waals surface area contributed by atoms with Gasteiger partial charge >= 0.3 is 0 Å². The van der Waals surface area contributed by atoms with Crippen molar-refractivity contribution in [3.8, 4) is 0 Å². The molecule has 3 heteroatoms. The van der Waals surface area contributed by atoms with Crippen molar-refractivity contribution < 1.29 is 8.78 Å². The molecule has 0 aliphatic rings. The van der Waals surface area contributed by atoms with Crippen LogP contribution in [-0.4, -0.2) is 7.85 Å². The maximum Gasteiger partial charge on any atom is 0.129 e. The zero-order valence-corrected chi connectivity index (χ0v) is 9.19. The standard InChI is InChI=1S/C12H15BF2/c1-3-8-12(13,4-2)11-9(14)6-5-7-10(11)15/h5-7H,3-4,8H2,1-2H3. The predicted molar refractivity (Wildman–Crippen MR) is 59.0 cm³/mol. The second kappa shape index (κ2) is 4.78. The first kappa shape index (κ1) is 12.2. The van der Waals surface area contributed by atoms with Gasteiger partial charge in [0.05, 0.1) is 7.85 Å². The lowest BCUT2D eigenvalue weighted by Gasteiger charge is -2.29. The molecule has 0 spiro atoms. The molecule has 0 aromatic heterocycles. The molecule has 0 amide bonds. The maximum atomic E-state index is 13.5. The highest BCUT2D eigenvalue weighted by atomic mass is 19.1. The van der Waals surface area contributed by atoms with E-state index in [4.69, 9.17) is 7.85 Å². The minimum atomic E-state index is -0.885. The molecule has 0 saturated heterocycles. The second-order valence-corrected chi connectivity index (χ2v) is 3.86. The number of rotatable bonds is 4. The smallest absolute Gasteiger partial charge is 0.129 e. The fourth-order valence-corrected chi connectivity index (χ4v) is 1.90. The molecule has 0 heterocycles. The van der Waals surface area contributed by atoms with Crippen molar-refractivity contribution in [2.24, 2.45) is 0 Å². The largest absolute Gasteiger partial charge is 0.207 e. The van der Waals surface area contributed by atoms with Crippen molar-refractivity contribution in [2.45, 2.75) is 38.4 Å². The van der Waals surface area contributed by atoms with Gasteiger partial charge in [0.15, 0.2) is 0 Å². The Morgan fingerprint density at radius 3 is 2.13 bits per heavy atom. The Kier molecular flexibility index (Phi) is 3.89. The van der Waals surface area contributed by atoms with Crippen molar-refractivity contribution in [1.29, 1.82) is 0 Å². The Balaban J connectivity index is 3.22. The molecule has 1 aromatic carbocycles. The molecule has 0 N–H and O–H groups in total. The SMILES string of the molecule is [B]C(CC)(CCC)c1c(F)cccc1F. The third-order valence-electron chi connectivity index (χ3n) is 2.79. The van der Waals surface area contributed by atoms with Gasteiger partial charge < -0.3 is 0 Å². The van der Waals surface area contributed by atoms with E-state index in [0.717, 1.165) is 6.42 Å². The van der Waals surface area contributed by atoms with Gasteiger partial charge in [-0.25, -0.2) is 8.78 Å². The van der Waals surface area contributed by atoms with Gasteiger partial charge in [-0.05, 0) is 17.4 Å². The number of benzene rings is 1. The van der Waals surface area contributed by atoms with Crippen LogP contribution in [-0.2, 0) is 5.31 Å². The van der Waals surface area contributed by atoms with Crippen LogP contribution >= 0.6 is 0 Å².